The van der Waals surface area contributed by atoms with Crippen molar-refractivity contribution in [3.8, 4) is 0 Å². The molecule has 1 aromatic heterocycles. The maximum absolute atomic E-state index is 10.7. The zero-order chi connectivity index (χ0) is 7.84. The highest BCUT2D eigenvalue weighted by atomic mass is 35.5. The molecule has 0 fully saturated rings. The summed E-state index contributed by atoms with van der Waals surface area (Å²) in [6.45, 7) is 0. The van der Waals surface area contributed by atoms with Crippen LogP contribution in [-0.2, 0) is 12.8 Å². The molecule has 0 radical (unpaired) electrons. The van der Waals surface area contributed by atoms with E-state index < -0.39 is 0 Å². The highest BCUT2D eigenvalue weighted by molar-refractivity contribution is 7.16. The molecule has 0 bridgehead atoms. The number of hydrogen-bond donors (Lipinski definition) is 0. The molecular formula is C8H7ClOS. The number of fused-ring (bicyclic) bond motifs is 1. The maximum Gasteiger partial charge on any atom is 0.262 e. The molecule has 0 aliphatic heterocycles. The smallest absolute Gasteiger partial charge is 0.262 e. The standard InChI is InChI=1S/C8H7ClOS/c9-8(10)7-4-5-2-1-3-6(5)11-7/h4H,1-3H2. The lowest BCUT2D eigenvalue weighted by atomic mass is 10.2. The van der Waals surface area contributed by atoms with E-state index in [1.54, 1.807) is 11.3 Å². The lowest BCUT2D eigenvalue weighted by Crippen LogP contribution is -1.81. The van der Waals surface area contributed by atoms with Crippen LogP contribution in [-0.4, -0.2) is 5.24 Å². The van der Waals surface area contributed by atoms with Crippen molar-refractivity contribution >= 4 is 28.2 Å². The zero-order valence-corrected chi connectivity index (χ0v) is 7.47. The molecule has 1 aliphatic carbocycles. The quantitative estimate of drug-likeness (QED) is 0.617. The van der Waals surface area contributed by atoms with Gasteiger partial charge in [0.1, 0.15) is 0 Å². The summed E-state index contributed by atoms with van der Waals surface area (Å²) in [5, 5.41) is -0.315. The van der Waals surface area contributed by atoms with Gasteiger partial charge in [-0.25, -0.2) is 0 Å². The topological polar surface area (TPSA) is 17.1 Å². The minimum atomic E-state index is -0.315. The first-order valence-corrected chi connectivity index (χ1v) is 4.78. The molecule has 0 unspecified atom stereocenters. The molecule has 0 atom stereocenters. The van der Waals surface area contributed by atoms with E-state index in [1.807, 2.05) is 6.07 Å². The van der Waals surface area contributed by atoms with E-state index in [0.29, 0.717) is 4.88 Å². The van der Waals surface area contributed by atoms with Crippen LogP contribution >= 0.6 is 22.9 Å². The summed E-state index contributed by atoms with van der Waals surface area (Å²) >= 11 is 6.89. The van der Waals surface area contributed by atoms with Crippen LogP contribution < -0.4 is 0 Å². The van der Waals surface area contributed by atoms with Crippen molar-refractivity contribution < 1.29 is 4.79 Å². The van der Waals surface area contributed by atoms with Gasteiger partial charge in [0.15, 0.2) is 0 Å². The molecule has 1 aliphatic rings. The Balaban J connectivity index is 2.42. The van der Waals surface area contributed by atoms with Gasteiger partial charge < -0.3 is 0 Å². The average molecular weight is 187 g/mol. The van der Waals surface area contributed by atoms with Gasteiger partial charge in [-0.1, -0.05) is 0 Å². The number of rotatable bonds is 1. The first kappa shape index (κ1) is 7.32. The maximum atomic E-state index is 10.7. The summed E-state index contributed by atoms with van der Waals surface area (Å²) < 4.78 is 0. The molecule has 1 aromatic rings. The molecule has 1 heterocycles. The van der Waals surface area contributed by atoms with Gasteiger partial charge in [-0.3, -0.25) is 4.79 Å². The summed E-state index contributed by atoms with van der Waals surface area (Å²) in [6.07, 6.45) is 3.48. The van der Waals surface area contributed by atoms with E-state index in [0.717, 1.165) is 12.8 Å². The second-order valence-electron chi connectivity index (χ2n) is 2.69. The van der Waals surface area contributed by atoms with Crippen molar-refractivity contribution in [2.45, 2.75) is 19.3 Å². The highest BCUT2D eigenvalue weighted by Gasteiger charge is 2.16. The van der Waals surface area contributed by atoms with Crippen molar-refractivity contribution in [2.75, 3.05) is 0 Å². The zero-order valence-electron chi connectivity index (χ0n) is 5.89. The van der Waals surface area contributed by atoms with Gasteiger partial charge in [-0.05, 0) is 42.5 Å². The van der Waals surface area contributed by atoms with Crippen LogP contribution in [0.5, 0.6) is 0 Å². The van der Waals surface area contributed by atoms with Crippen LogP contribution in [0.2, 0.25) is 0 Å². The van der Waals surface area contributed by atoms with Gasteiger partial charge in [0.25, 0.3) is 5.24 Å². The molecule has 0 spiro atoms. The summed E-state index contributed by atoms with van der Waals surface area (Å²) in [4.78, 5) is 12.8. The molecule has 0 aromatic carbocycles. The normalized spacial score (nSPS) is 15.0. The van der Waals surface area contributed by atoms with Gasteiger partial charge in [0, 0.05) is 4.88 Å². The second-order valence-corrected chi connectivity index (χ2v) is 4.17. The molecule has 11 heavy (non-hydrogen) atoms. The fraction of sp³-hybridized carbons (Fsp3) is 0.375. The summed E-state index contributed by atoms with van der Waals surface area (Å²) in [5.41, 5.74) is 1.33. The largest absolute Gasteiger partial charge is 0.275 e. The lowest BCUT2D eigenvalue weighted by molar-refractivity contribution is 0.108. The third-order valence-electron chi connectivity index (χ3n) is 1.94. The van der Waals surface area contributed by atoms with Crippen LogP contribution in [0.15, 0.2) is 6.07 Å². The van der Waals surface area contributed by atoms with Gasteiger partial charge in [0.05, 0.1) is 4.88 Å². The van der Waals surface area contributed by atoms with E-state index in [1.165, 1.54) is 16.9 Å². The highest BCUT2D eigenvalue weighted by Crippen LogP contribution is 2.31. The molecule has 1 nitrogen and oxygen atoms in total. The molecule has 2 rings (SSSR count). The number of thiophene rings is 1. The van der Waals surface area contributed by atoms with E-state index >= 15 is 0 Å². The summed E-state index contributed by atoms with van der Waals surface area (Å²) in [5.74, 6) is 0. The molecule has 3 heteroatoms. The van der Waals surface area contributed by atoms with Crippen molar-refractivity contribution in [2.24, 2.45) is 0 Å². The van der Waals surface area contributed by atoms with Crippen LogP contribution in [0, 0.1) is 0 Å². The van der Waals surface area contributed by atoms with Crippen LogP contribution in [0.3, 0.4) is 0 Å². The number of carbonyl (C=O) groups is 1. The Morgan fingerprint density at radius 2 is 2.36 bits per heavy atom. The molecule has 58 valence electrons. The van der Waals surface area contributed by atoms with Crippen molar-refractivity contribution in [1.29, 1.82) is 0 Å². The van der Waals surface area contributed by atoms with Crippen LogP contribution in [0.4, 0.5) is 0 Å². The molecule has 0 N–H and O–H groups in total. The van der Waals surface area contributed by atoms with Crippen molar-refractivity contribution in [3.05, 3.63) is 21.4 Å². The van der Waals surface area contributed by atoms with Crippen molar-refractivity contribution in [1.82, 2.24) is 0 Å². The number of hydrogen-bond acceptors (Lipinski definition) is 2. The van der Waals surface area contributed by atoms with Gasteiger partial charge in [0.2, 0.25) is 0 Å². The number of aryl methyl sites for hydroxylation is 2. The van der Waals surface area contributed by atoms with Crippen LogP contribution in [0.1, 0.15) is 26.5 Å². The minimum absolute atomic E-state index is 0.315. The number of carbonyl (C=O) groups excluding carboxylic acids is 1. The fourth-order valence-corrected chi connectivity index (χ4v) is 2.68. The molecule has 0 saturated heterocycles. The second kappa shape index (κ2) is 2.61. The predicted molar refractivity (Wildman–Crippen MR) is 46.5 cm³/mol. The molecule has 0 amide bonds. The summed E-state index contributed by atoms with van der Waals surface area (Å²) in [6, 6.07) is 1.93. The van der Waals surface area contributed by atoms with Crippen LogP contribution in [0.25, 0.3) is 0 Å². The first-order chi connectivity index (χ1) is 5.27. The minimum Gasteiger partial charge on any atom is -0.275 e. The Labute approximate surface area is 74.0 Å². The van der Waals surface area contributed by atoms with E-state index in [2.05, 4.69) is 0 Å². The Bertz CT molecular complexity index is 282. The fourth-order valence-electron chi connectivity index (χ4n) is 1.43. The number of halogens is 1. The first-order valence-electron chi connectivity index (χ1n) is 3.59. The van der Waals surface area contributed by atoms with Crippen molar-refractivity contribution in [3.63, 3.8) is 0 Å². The van der Waals surface area contributed by atoms with E-state index in [9.17, 15) is 4.79 Å². The predicted octanol–water partition coefficient (Wildman–Crippen LogP) is 2.62. The van der Waals surface area contributed by atoms with Gasteiger partial charge in [-0.15, -0.1) is 11.3 Å². The Hall–Kier alpha value is -0.340. The Morgan fingerprint density at radius 3 is 3.00 bits per heavy atom. The average Bonchev–Trinajstić information content (AvgIpc) is 2.40. The lowest BCUT2D eigenvalue weighted by Gasteiger charge is -1.84. The summed E-state index contributed by atoms with van der Waals surface area (Å²) in [7, 11) is 0. The monoisotopic (exact) mass is 186 g/mol. The Morgan fingerprint density at radius 1 is 1.55 bits per heavy atom. The third-order valence-corrected chi connectivity index (χ3v) is 3.49. The van der Waals surface area contributed by atoms with Gasteiger partial charge >= 0.3 is 0 Å². The SMILES string of the molecule is O=C(Cl)c1cc2c(s1)CCC2. The molecule has 0 saturated carbocycles. The van der Waals surface area contributed by atoms with E-state index in [4.69, 9.17) is 11.6 Å². The van der Waals surface area contributed by atoms with E-state index in [-0.39, 0.29) is 5.24 Å². The third kappa shape index (κ3) is 1.21. The Kier molecular flexibility index (Phi) is 1.74. The van der Waals surface area contributed by atoms with Gasteiger partial charge in [-0.2, -0.15) is 0 Å². The molecular weight excluding hydrogens is 180 g/mol.